The Kier molecular flexibility index (Phi) is 19.8. The van der Waals surface area contributed by atoms with Crippen LogP contribution in [0.3, 0.4) is 0 Å². The maximum absolute atomic E-state index is 12.3. The monoisotopic (exact) mass is 626 g/mol. The number of rotatable bonds is 24. The molecule has 0 saturated heterocycles. The number of nitrogens with two attached hydrogens (primary N) is 1. The van der Waals surface area contributed by atoms with Gasteiger partial charge in [-0.25, -0.2) is 0 Å². The van der Waals surface area contributed by atoms with Gasteiger partial charge in [0.25, 0.3) is 0 Å². The zero-order valence-corrected chi connectivity index (χ0v) is 26.5. The van der Waals surface area contributed by atoms with Gasteiger partial charge in [0.2, 0.25) is 23.6 Å². The standard InChI is InChI=1S/C34H50N4O7/c1-43-21-22-44-23-24-45-26-33(41)36-19-8-7-13-30(35)34(42)37-20-18-31(39)38-32(40)25-29-16-14-28(15-17-29)12-6-5-11-27-9-3-2-4-10-27/h2-4,9-10,14-17,30H,5-8,11-13,18-26,35H2,1H3,(H,36,41)(H,37,42)(H,38,39,40)/t30-/m0/s1. The van der Waals surface area contributed by atoms with E-state index in [0.29, 0.717) is 52.2 Å². The summed E-state index contributed by atoms with van der Waals surface area (Å²) < 4.78 is 15.3. The van der Waals surface area contributed by atoms with E-state index in [1.54, 1.807) is 7.11 Å². The van der Waals surface area contributed by atoms with Gasteiger partial charge in [0, 0.05) is 26.6 Å². The van der Waals surface area contributed by atoms with Crippen LogP contribution in [0.25, 0.3) is 0 Å². The highest BCUT2D eigenvalue weighted by atomic mass is 16.5. The number of aryl methyl sites for hydroxylation is 2. The van der Waals surface area contributed by atoms with Gasteiger partial charge < -0.3 is 30.6 Å². The van der Waals surface area contributed by atoms with Gasteiger partial charge >= 0.3 is 0 Å². The molecule has 0 radical (unpaired) electrons. The lowest BCUT2D eigenvalue weighted by Gasteiger charge is -2.12. The summed E-state index contributed by atoms with van der Waals surface area (Å²) in [7, 11) is 1.60. The third-order valence-corrected chi connectivity index (χ3v) is 6.98. The number of nitrogens with one attached hydrogen (secondary N) is 3. The number of benzene rings is 2. The Balaban J connectivity index is 1.48. The third-order valence-electron chi connectivity index (χ3n) is 6.98. The van der Waals surface area contributed by atoms with Crippen LogP contribution in [0, 0.1) is 0 Å². The molecule has 4 amide bonds. The Labute approximate surface area is 266 Å². The average molecular weight is 627 g/mol. The molecule has 0 saturated carbocycles. The summed E-state index contributed by atoms with van der Waals surface area (Å²) in [5.41, 5.74) is 9.35. The van der Waals surface area contributed by atoms with Crippen LogP contribution in [0.1, 0.15) is 55.2 Å². The summed E-state index contributed by atoms with van der Waals surface area (Å²) in [6.45, 7) is 2.20. The van der Waals surface area contributed by atoms with Crippen LogP contribution in [0.2, 0.25) is 0 Å². The molecule has 45 heavy (non-hydrogen) atoms. The molecule has 0 bridgehead atoms. The van der Waals surface area contributed by atoms with E-state index in [4.69, 9.17) is 19.9 Å². The molecule has 0 aliphatic rings. The Morgan fingerprint density at radius 3 is 2.04 bits per heavy atom. The highest BCUT2D eigenvalue weighted by Gasteiger charge is 2.14. The predicted molar refractivity (Wildman–Crippen MR) is 172 cm³/mol. The van der Waals surface area contributed by atoms with E-state index < -0.39 is 11.9 Å². The van der Waals surface area contributed by atoms with Gasteiger partial charge in [-0.2, -0.15) is 0 Å². The number of unbranched alkanes of at least 4 members (excludes halogenated alkanes) is 2. The fraction of sp³-hybridized carbons (Fsp3) is 0.529. The van der Waals surface area contributed by atoms with Crippen molar-refractivity contribution >= 4 is 23.6 Å². The van der Waals surface area contributed by atoms with Crippen LogP contribution in [-0.4, -0.2) is 82.9 Å². The normalized spacial score (nSPS) is 11.5. The van der Waals surface area contributed by atoms with Crippen molar-refractivity contribution in [3.05, 3.63) is 71.3 Å². The van der Waals surface area contributed by atoms with Crippen molar-refractivity contribution in [1.82, 2.24) is 16.0 Å². The molecular weight excluding hydrogens is 576 g/mol. The summed E-state index contributed by atoms with van der Waals surface area (Å²) in [5.74, 6) is -1.42. The second kappa shape index (κ2) is 23.7. The lowest BCUT2D eigenvalue weighted by Crippen LogP contribution is -2.42. The topological polar surface area (TPSA) is 158 Å². The number of hydrogen-bond donors (Lipinski definition) is 4. The molecule has 1 atom stereocenters. The molecule has 2 aromatic rings. The molecule has 0 aliphatic heterocycles. The number of carbonyl (C=O) groups is 4. The molecular formula is C34H50N4O7. The number of hydrogen-bond acceptors (Lipinski definition) is 8. The number of methoxy groups -OCH3 is 1. The van der Waals surface area contributed by atoms with Gasteiger partial charge in [-0.3, -0.25) is 24.5 Å². The first kappa shape index (κ1) is 37.5. The maximum Gasteiger partial charge on any atom is 0.245 e. The van der Waals surface area contributed by atoms with Gasteiger partial charge in [-0.15, -0.1) is 0 Å². The van der Waals surface area contributed by atoms with Crippen molar-refractivity contribution in [2.75, 3.05) is 53.2 Å². The molecule has 0 unspecified atom stereocenters. The predicted octanol–water partition coefficient (Wildman–Crippen LogP) is 2.24. The molecule has 0 fully saturated rings. The summed E-state index contributed by atoms with van der Waals surface area (Å²) in [6.07, 6.45) is 6.08. The molecule has 2 aromatic carbocycles. The van der Waals surface area contributed by atoms with E-state index >= 15 is 0 Å². The second-order valence-corrected chi connectivity index (χ2v) is 10.8. The molecule has 11 nitrogen and oxygen atoms in total. The minimum Gasteiger partial charge on any atom is -0.382 e. The lowest BCUT2D eigenvalue weighted by molar-refractivity contribution is -0.130. The Morgan fingerprint density at radius 2 is 1.33 bits per heavy atom. The quantitative estimate of drug-likeness (QED) is 0.129. The number of carbonyl (C=O) groups excluding carboxylic acids is 4. The second-order valence-electron chi connectivity index (χ2n) is 10.8. The first-order valence-electron chi connectivity index (χ1n) is 15.8. The molecule has 0 aromatic heterocycles. The van der Waals surface area contributed by atoms with Crippen molar-refractivity contribution in [2.24, 2.45) is 5.73 Å². The number of ether oxygens (including phenoxy) is 3. The van der Waals surface area contributed by atoms with Gasteiger partial charge in [0.15, 0.2) is 0 Å². The summed E-state index contributed by atoms with van der Waals surface area (Å²) in [6, 6.07) is 17.6. The van der Waals surface area contributed by atoms with Gasteiger partial charge in [-0.05, 0) is 61.6 Å². The minimum absolute atomic E-state index is 0.0283. The van der Waals surface area contributed by atoms with Crippen molar-refractivity contribution in [3.63, 3.8) is 0 Å². The summed E-state index contributed by atoms with van der Waals surface area (Å²) in [5, 5.41) is 7.76. The average Bonchev–Trinajstić information content (AvgIpc) is 3.03. The summed E-state index contributed by atoms with van der Waals surface area (Å²) in [4.78, 5) is 48.5. The van der Waals surface area contributed by atoms with E-state index in [9.17, 15) is 19.2 Å². The zero-order valence-electron chi connectivity index (χ0n) is 26.5. The van der Waals surface area contributed by atoms with Crippen LogP contribution in [-0.2, 0) is 52.7 Å². The fourth-order valence-corrected chi connectivity index (χ4v) is 4.43. The largest absolute Gasteiger partial charge is 0.382 e. The highest BCUT2D eigenvalue weighted by Crippen LogP contribution is 2.11. The van der Waals surface area contributed by atoms with Crippen molar-refractivity contribution in [3.8, 4) is 0 Å². The van der Waals surface area contributed by atoms with E-state index in [1.165, 1.54) is 11.1 Å². The third kappa shape index (κ3) is 18.7. The van der Waals surface area contributed by atoms with E-state index in [2.05, 4.69) is 40.2 Å². The smallest absolute Gasteiger partial charge is 0.245 e. The first-order valence-corrected chi connectivity index (χ1v) is 15.8. The summed E-state index contributed by atoms with van der Waals surface area (Å²) >= 11 is 0. The van der Waals surface area contributed by atoms with Gasteiger partial charge in [0.05, 0.1) is 38.9 Å². The molecule has 0 spiro atoms. The van der Waals surface area contributed by atoms with Crippen molar-refractivity contribution in [2.45, 2.75) is 63.8 Å². The van der Waals surface area contributed by atoms with Gasteiger partial charge in [0.1, 0.15) is 6.61 Å². The Morgan fingerprint density at radius 1 is 0.689 bits per heavy atom. The van der Waals surface area contributed by atoms with E-state index in [-0.39, 0.29) is 43.7 Å². The van der Waals surface area contributed by atoms with E-state index in [0.717, 1.165) is 31.2 Å². The zero-order chi connectivity index (χ0) is 32.5. The van der Waals surface area contributed by atoms with Gasteiger partial charge in [-0.1, -0.05) is 54.6 Å². The van der Waals surface area contributed by atoms with Crippen molar-refractivity contribution < 1.29 is 33.4 Å². The van der Waals surface area contributed by atoms with Crippen LogP contribution in [0.4, 0.5) is 0 Å². The molecule has 11 heteroatoms. The molecule has 2 rings (SSSR count). The molecule has 0 heterocycles. The Hall–Kier alpha value is -3.64. The van der Waals surface area contributed by atoms with Crippen LogP contribution in [0.15, 0.2) is 54.6 Å². The molecule has 248 valence electrons. The molecule has 5 N–H and O–H groups in total. The Bertz CT molecular complexity index is 1130. The lowest BCUT2D eigenvalue weighted by atomic mass is 10.0. The van der Waals surface area contributed by atoms with Crippen LogP contribution in [0.5, 0.6) is 0 Å². The molecule has 0 aliphatic carbocycles. The van der Waals surface area contributed by atoms with E-state index in [1.807, 2.05) is 30.3 Å². The number of imide groups is 1. The van der Waals surface area contributed by atoms with Crippen molar-refractivity contribution in [1.29, 1.82) is 0 Å². The minimum atomic E-state index is -0.723. The maximum atomic E-state index is 12.3. The fourth-order valence-electron chi connectivity index (χ4n) is 4.43. The van der Waals surface area contributed by atoms with Crippen LogP contribution >= 0.6 is 0 Å². The SMILES string of the molecule is COCCOCCOCC(=O)NCCCC[C@H](N)C(=O)NCCC(=O)NC(=O)Cc1ccc(CCCCc2ccccc2)cc1. The highest BCUT2D eigenvalue weighted by molar-refractivity contribution is 5.96. The number of amides is 4. The van der Waals surface area contributed by atoms with Crippen LogP contribution < -0.4 is 21.7 Å². The first-order chi connectivity index (χ1) is 21.9.